The van der Waals surface area contributed by atoms with Gasteiger partial charge in [-0.2, -0.15) is 5.10 Å². The molecule has 2 rings (SSSR count). The summed E-state index contributed by atoms with van der Waals surface area (Å²) in [5.41, 5.74) is 7.66. The third-order valence-corrected chi connectivity index (χ3v) is 2.63. The van der Waals surface area contributed by atoms with Crippen molar-refractivity contribution in [2.24, 2.45) is 0 Å². The van der Waals surface area contributed by atoms with Crippen molar-refractivity contribution in [1.82, 2.24) is 10.2 Å². The third-order valence-electron chi connectivity index (χ3n) is 2.63. The Kier molecular flexibility index (Phi) is 1.58. The zero-order valence-electron chi connectivity index (χ0n) is 7.13. The summed E-state index contributed by atoms with van der Waals surface area (Å²) in [6.45, 7) is 3.66. The van der Waals surface area contributed by atoms with Crippen LogP contribution in [0.25, 0.3) is 0 Å². The molecule has 1 aromatic rings. The minimum Gasteiger partial charge on any atom is -0.396 e. The number of nitrogens with zero attached hydrogens (tertiary/aromatic N) is 1. The Hall–Kier alpha value is -1.03. The van der Waals surface area contributed by atoms with Gasteiger partial charge in [-0.1, -0.05) is 6.92 Å². The highest BCUT2D eigenvalue weighted by molar-refractivity contribution is 5.45. The molecule has 0 spiro atoms. The first kappa shape index (κ1) is 7.61. The monoisotopic (exact) mass is 167 g/mol. The Morgan fingerprint density at radius 2 is 2.50 bits per heavy atom. The van der Waals surface area contributed by atoms with E-state index >= 15 is 0 Å². The van der Waals surface area contributed by atoms with Crippen LogP contribution in [-0.4, -0.2) is 23.4 Å². The van der Waals surface area contributed by atoms with Gasteiger partial charge in [-0.3, -0.25) is 5.10 Å². The van der Waals surface area contributed by atoms with Gasteiger partial charge in [0.25, 0.3) is 0 Å². The minimum atomic E-state index is 0.112. The maximum atomic E-state index is 5.76. The number of aromatic nitrogens is 2. The lowest BCUT2D eigenvalue weighted by atomic mass is 9.79. The lowest BCUT2D eigenvalue weighted by Gasteiger charge is -2.40. The van der Waals surface area contributed by atoms with E-state index in [0.717, 1.165) is 31.0 Å². The zero-order valence-corrected chi connectivity index (χ0v) is 7.13. The van der Waals surface area contributed by atoms with E-state index in [1.165, 1.54) is 0 Å². The van der Waals surface area contributed by atoms with Crippen LogP contribution in [0.5, 0.6) is 0 Å². The molecule has 1 fully saturated rings. The van der Waals surface area contributed by atoms with Gasteiger partial charge in [0, 0.05) is 0 Å². The maximum Gasteiger partial charge on any atom is 0.0738 e. The van der Waals surface area contributed by atoms with E-state index in [-0.39, 0.29) is 5.41 Å². The molecule has 0 bridgehead atoms. The van der Waals surface area contributed by atoms with Gasteiger partial charge in [-0.15, -0.1) is 0 Å². The van der Waals surface area contributed by atoms with E-state index < -0.39 is 0 Å². The molecule has 66 valence electrons. The van der Waals surface area contributed by atoms with Gasteiger partial charge < -0.3 is 10.5 Å². The number of hydrogen-bond acceptors (Lipinski definition) is 3. The Morgan fingerprint density at radius 3 is 2.83 bits per heavy atom. The van der Waals surface area contributed by atoms with Crippen molar-refractivity contribution in [2.45, 2.75) is 18.8 Å². The Bertz CT molecular complexity index is 272. The number of nitrogens with one attached hydrogen (secondary N) is 1. The highest BCUT2D eigenvalue weighted by Crippen LogP contribution is 2.36. The molecule has 4 nitrogen and oxygen atoms in total. The van der Waals surface area contributed by atoms with Crippen LogP contribution in [-0.2, 0) is 10.2 Å². The summed E-state index contributed by atoms with van der Waals surface area (Å²) in [5, 5.41) is 6.86. The molecule has 0 aromatic carbocycles. The van der Waals surface area contributed by atoms with E-state index in [1.54, 1.807) is 6.20 Å². The summed E-state index contributed by atoms with van der Waals surface area (Å²) in [5.74, 6) is 0. The lowest BCUT2D eigenvalue weighted by Crippen LogP contribution is -2.46. The zero-order chi connectivity index (χ0) is 8.60. The Balaban J connectivity index is 2.33. The highest BCUT2D eigenvalue weighted by atomic mass is 16.5. The van der Waals surface area contributed by atoms with Crippen LogP contribution in [0, 0.1) is 0 Å². The summed E-state index contributed by atoms with van der Waals surface area (Å²) >= 11 is 0. The molecule has 4 heteroatoms. The fourth-order valence-corrected chi connectivity index (χ4v) is 1.59. The first-order valence-electron chi connectivity index (χ1n) is 4.15. The fraction of sp³-hybridized carbons (Fsp3) is 0.625. The molecular formula is C8H13N3O. The molecule has 2 heterocycles. The number of aromatic amines is 1. The molecule has 0 atom stereocenters. The van der Waals surface area contributed by atoms with Gasteiger partial charge >= 0.3 is 0 Å². The van der Waals surface area contributed by atoms with Crippen molar-refractivity contribution in [3.8, 4) is 0 Å². The smallest absolute Gasteiger partial charge is 0.0738 e. The van der Waals surface area contributed by atoms with Crippen molar-refractivity contribution in [3.05, 3.63) is 11.9 Å². The van der Waals surface area contributed by atoms with Gasteiger partial charge in [0.15, 0.2) is 0 Å². The number of H-pyrrole nitrogens is 1. The van der Waals surface area contributed by atoms with Crippen molar-refractivity contribution in [1.29, 1.82) is 0 Å². The van der Waals surface area contributed by atoms with Gasteiger partial charge in [0.2, 0.25) is 0 Å². The van der Waals surface area contributed by atoms with Crippen molar-refractivity contribution in [3.63, 3.8) is 0 Å². The number of ether oxygens (including phenoxy) is 1. The number of hydrogen-bond donors (Lipinski definition) is 2. The van der Waals surface area contributed by atoms with E-state index in [9.17, 15) is 0 Å². The van der Waals surface area contributed by atoms with Crippen LogP contribution in [0.15, 0.2) is 6.20 Å². The number of anilines is 1. The second kappa shape index (κ2) is 2.48. The summed E-state index contributed by atoms with van der Waals surface area (Å²) < 4.78 is 5.20. The quantitative estimate of drug-likeness (QED) is 0.680. The fourth-order valence-electron chi connectivity index (χ4n) is 1.59. The van der Waals surface area contributed by atoms with E-state index in [2.05, 4.69) is 17.1 Å². The molecule has 0 saturated carbocycles. The topological polar surface area (TPSA) is 63.9 Å². The molecule has 0 aliphatic carbocycles. The Morgan fingerprint density at radius 1 is 1.75 bits per heavy atom. The number of rotatable bonds is 2. The SMILES string of the molecule is CCC1(c2[nH]ncc2N)COC1. The second-order valence-corrected chi connectivity index (χ2v) is 3.33. The molecule has 1 aromatic heterocycles. The standard InChI is InChI=1S/C8H13N3O/c1-2-8(4-12-5-8)7-6(9)3-10-11-7/h3H,2,4-5,9H2,1H3,(H,10,11). The largest absolute Gasteiger partial charge is 0.396 e. The highest BCUT2D eigenvalue weighted by Gasteiger charge is 2.41. The molecule has 1 aliphatic heterocycles. The summed E-state index contributed by atoms with van der Waals surface area (Å²) in [7, 11) is 0. The van der Waals surface area contributed by atoms with Crippen LogP contribution in [0.3, 0.4) is 0 Å². The first-order chi connectivity index (χ1) is 5.78. The van der Waals surface area contributed by atoms with E-state index in [4.69, 9.17) is 10.5 Å². The second-order valence-electron chi connectivity index (χ2n) is 3.33. The third kappa shape index (κ3) is 0.845. The van der Waals surface area contributed by atoms with Gasteiger partial charge in [0.1, 0.15) is 0 Å². The lowest BCUT2D eigenvalue weighted by molar-refractivity contribution is -0.0637. The first-order valence-corrected chi connectivity index (χ1v) is 4.15. The normalized spacial score (nSPS) is 20.4. The predicted molar refractivity (Wildman–Crippen MR) is 45.8 cm³/mol. The molecule has 0 amide bonds. The molecule has 1 saturated heterocycles. The molecule has 3 N–H and O–H groups in total. The van der Waals surface area contributed by atoms with Crippen LogP contribution in [0.2, 0.25) is 0 Å². The number of nitrogen functional groups attached to an aromatic ring is 1. The van der Waals surface area contributed by atoms with E-state index in [0.29, 0.717) is 0 Å². The van der Waals surface area contributed by atoms with Crippen LogP contribution >= 0.6 is 0 Å². The molecular weight excluding hydrogens is 154 g/mol. The van der Waals surface area contributed by atoms with Crippen molar-refractivity contribution in [2.75, 3.05) is 18.9 Å². The van der Waals surface area contributed by atoms with Gasteiger partial charge in [-0.25, -0.2) is 0 Å². The Labute approximate surface area is 71.1 Å². The van der Waals surface area contributed by atoms with Crippen LogP contribution < -0.4 is 5.73 Å². The summed E-state index contributed by atoms with van der Waals surface area (Å²) in [6.07, 6.45) is 2.70. The maximum absolute atomic E-state index is 5.76. The van der Waals surface area contributed by atoms with Crippen LogP contribution in [0.4, 0.5) is 5.69 Å². The average Bonchev–Trinajstić information content (AvgIpc) is 2.36. The van der Waals surface area contributed by atoms with Gasteiger partial charge in [-0.05, 0) is 6.42 Å². The molecule has 1 aliphatic rings. The average molecular weight is 167 g/mol. The van der Waals surface area contributed by atoms with Crippen molar-refractivity contribution >= 4 is 5.69 Å². The molecule has 12 heavy (non-hydrogen) atoms. The van der Waals surface area contributed by atoms with E-state index in [1.807, 2.05) is 0 Å². The summed E-state index contributed by atoms with van der Waals surface area (Å²) in [4.78, 5) is 0. The van der Waals surface area contributed by atoms with Gasteiger partial charge in [0.05, 0.1) is 36.2 Å². The number of nitrogens with two attached hydrogens (primary N) is 1. The van der Waals surface area contributed by atoms with Crippen molar-refractivity contribution < 1.29 is 4.74 Å². The molecule has 0 unspecified atom stereocenters. The minimum absolute atomic E-state index is 0.112. The van der Waals surface area contributed by atoms with Crippen LogP contribution in [0.1, 0.15) is 19.0 Å². The summed E-state index contributed by atoms with van der Waals surface area (Å²) in [6, 6.07) is 0. The molecule has 0 radical (unpaired) electrons. The predicted octanol–water partition coefficient (Wildman–Crippen LogP) is 0.670.